The molecule has 1 aromatic heterocycles. The normalized spacial score (nSPS) is 10.5. The molecule has 3 nitrogen and oxygen atoms in total. The summed E-state index contributed by atoms with van der Waals surface area (Å²) in [6.45, 7) is 2.03. The van der Waals surface area contributed by atoms with Gasteiger partial charge in [0.1, 0.15) is 11.6 Å². The fourth-order valence-corrected chi connectivity index (χ4v) is 1.95. The maximum atomic E-state index is 5.68. The van der Waals surface area contributed by atoms with Crippen LogP contribution in [0.1, 0.15) is 11.4 Å². The Morgan fingerprint density at radius 2 is 2.24 bits per heavy atom. The number of benzene rings is 1. The molecule has 0 fully saturated rings. The molecule has 0 spiro atoms. The summed E-state index contributed by atoms with van der Waals surface area (Å²) >= 11 is 5.68. The van der Waals surface area contributed by atoms with Gasteiger partial charge in [-0.05, 0) is 30.7 Å². The summed E-state index contributed by atoms with van der Waals surface area (Å²) in [5, 5.41) is 0. The van der Waals surface area contributed by atoms with Crippen LogP contribution in [0.3, 0.4) is 0 Å². The van der Waals surface area contributed by atoms with Crippen molar-refractivity contribution in [3.05, 3.63) is 35.8 Å². The zero-order valence-corrected chi connectivity index (χ0v) is 10.7. The van der Waals surface area contributed by atoms with Crippen LogP contribution in [0.15, 0.2) is 24.4 Å². The van der Waals surface area contributed by atoms with E-state index in [1.807, 2.05) is 25.3 Å². The largest absolute Gasteiger partial charge is 0.496 e. The SMILES string of the molecule is COc1ccc(-c2cnc(CCCl)[nH]2)cc1C. The van der Waals surface area contributed by atoms with E-state index in [1.54, 1.807) is 7.11 Å². The van der Waals surface area contributed by atoms with Crippen LogP contribution in [0.25, 0.3) is 11.3 Å². The van der Waals surface area contributed by atoms with Gasteiger partial charge < -0.3 is 9.72 Å². The van der Waals surface area contributed by atoms with Gasteiger partial charge in [0, 0.05) is 17.9 Å². The maximum Gasteiger partial charge on any atom is 0.121 e. The van der Waals surface area contributed by atoms with E-state index in [0.29, 0.717) is 5.88 Å². The van der Waals surface area contributed by atoms with Crippen LogP contribution < -0.4 is 4.74 Å². The summed E-state index contributed by atoms with van der Waals surface area (Å²) < 4.78 is 5.24. The van der Waals surface area contributed by atoms with E-state index < -0.39 is 0 Å². The van der Waals surface area contributed by atoms with Gasteiger partial charge in [0.05, 0.1) is 19.0 Å². The first kappa shape index (κ1) is 12.0. The molecule has 0 radical (unpaired) electrons. The topological polar surface area (TPSA) is 37.9 Å². The second kappa shape index (κ2) is 5.23. The number of hydrogen-bond acceptors (Lipinski definition) is 2. The Morgan fingerprint density at radius 3 is 2.88 bits per heavy atom. The summed E-state index contributed by atoms with van der Waals surface area (Å²) in [6, 6.07) is 6.06. The Morgan fingerprint density at radius 1 is 1.41 bits per heavy atom. The number of nitrogens with one attached hydrogen (secondary N) is 1. The van der Waals surface area contributed by atoms with Crippen molar-refractivity contribution < 1.29 is 4.74 Å². The number of aromatic nitrogens is 2. The molecule has 0 unspecified atom stereocenters. The molecular formula is C13H15ClN2O. The quantitative estimate of drug-likeness (QED) is 0.847. The molecule has 1 heterocycles. The van der Waals surface area contributed by atoms with E-state index in [1.165, 1.54) is 0 Å². The minimum Gasteiger partial charge on any atom is -0.496 e. The van der Waals surface area contributed by atoms with E-state index >= 15 is 0 Å². The van der Waals surface area contributed by atoms with E-state index in [2.05, 4.69) is 16.0 Å². The number of aromatic amines is 1. The second-order valence-electron chi connectivity index (χ2n) is 3.87. The smallest absolute Gasteiger partial charge is 0.121 e. The number of hydrogen-bond donors (Lipinski definition) is 1. The van der Waals surface area contributed by atoms with Crippen molar-refractivity contribution in [2.45, 2.75) is 13.3 Å². The molecule has 0 aliphatic heterocycles. The van der Waals surface area contributed by atoms with E-state index in [0.717, 1.165) is 34.8 Å². The lowest BCUT2D eigenvalue weighted by Crippen LogP contribution is -1.89. The molecule has 0 bridgehead atoms. The first-order chi connectivity index (χ1) is 8.24. The number of imidazole rings is 1. The van der Waals surface area contributed by atoms with Gasteiger partial charge in [-0.3, -0.25) is 0 Å². The van der Waals surface area contributed by atoms with Crippen molar-refractivity contribution in [1.29, 1.82) is 0 Å². The van der Waals surface area contributed by atoms with Crippen molar-refractivity contribution in [1.82, 2.24) is 9.97 Å². The summed E-state index contributed by atoms with van der Waals surface area (Å²) in [6.07, 6.45) is 2.60. The molecule has 90 valence electrons. The standard InChI is InChI=1S/C13H15ClN2O/c1-9-7-10(3-4-12(9)17-2)11-8-15-13(16-11)5-6-14/h3-4,7-8H,5-6H2,1-2H3,(H,15,16). The van der Waals surface area contributed by atoms with Crippen molar-refractivity contribution in [3.8, 4) is 17.0 Å². The van der Waals surface area contributed by atoms with Gasteiger partial charge in [0.25, 0.3) is 0 Å². The highest BCUT2D eigenvalue weighted by atomic mass is 35.5. The number of halogens is 1. The molecule has 4 heteroatoms. The lowest BCUT2D eigenvalue weighted by Gasteiger charge is -2.05. The lowest BCUT2D eigenvalue weighted by atomic mass is 10.1. The molecular weight excluding hydrogens is 236 g/mol. The van der Waals surface area contributed by atoms with Crippen LogP contribution in [0.4, 0.5) is 0 Å². The third-order valence-corrected chi connectivity index (χ3v) is 2.85. The summed E-state index contributed by atoms with van der Waals surface area (Å²) in [4.78, 5) is 7.54. The van der Waals surface area contributed by atoms with Crippen molar-refractivity contribution in [3.63, 3.8) is 0 Å². The van der Waals surface area contributed by atoms with Gasteiger partial charge in [-0.15, -0.1) is 11.6 Å². The predicted molar refractivity (Wildman–Crippen MR) is 69.7 cm³/mol. The summed E-state index contributed by atoms with van der Waals surface area (Å²) in [7, 11) is 1.68. The molecule has 0 amide bonds. The van der Waals surface area contributed by atoms with Crippen LogP contribution >= 0.6 is 11.6 Å². The van der Waals surface area contributed by atoms with Gasteiger partial charge in [-0.1, -0.05) is 0 Å². The average Bonchev–Trinajstić information content (AvgIpc) is 2.78. The van der Waals surface area contributed by atoms with E-state index in [4.69, 9.17) is 16.3 Å². The predicted octanol–water partition coefficient (Wildman–Crippen LogP) is 3.18. The van der Waals surface area contributed by atoms with Crippen molar-refractivity contribution in [2.75, 3.05) is 13.0 Å². The zero-order valence-electron chi connectivity index (χ0n) is 9.96. The first-order valence-electron chi connectivity index (χ1n) is 5.49. The van der Waals surface area contributed by atoms with Crippen LogP contribution in [-0.2, 0) is 6.42 Å². The molecule has 17 heavy (non-hydrogen) atoms. The Hall–Kier alpha value is -1.48. The van der Waals surface area contributed by atoms with Crippen molar-refractivity contribution in [2.24, 2.45) is 0 Å². The fraction of sp³-hybridized carbons (Fsp3) is 0.308. The lowest BCUT2D eigenvalue weighted by molar-refractivity contribution is 0.412. The van der Waals surface area contributed by atoms with Gasteiger partial charge in [-0.2, -0.15) is 0 Å². The zero-order chi connectivity index (χ0) is 12.3. The van der Waals surface area contributed by atoms with Crippen LogP contribution in [0.5, 0.6) is 5.75 Å². The van der Waals surface area contributed by atoms with Crippen LogP contribution in [0.2, 0.25) is 0 Å². The van der Waals surface area contributed by atoms with Gasteiger partial charge in [0.15, 0.2) is 0 Å². The maximum absolute atomic E-state index is 5.68. The van der Waals surface area contributed by atoms with Crippen LogP contribution in [-0.4, -0.2) is 23.0 Å². The number of alkyl halides is 1. The molecule has 0 aliphatic rings. The Kier molecular flexibility index (Phi) is 3.69. The molecule has 0 saturated heterocycles. The third-order valence-electron chi connectivity index (χ3n) is 2.67. The number of aryl methyl sites for hydroxylation is 2. The average molecular weight is 251 g/mol. The van der Waals surface area contributed by atoms with Gasteiger partial charge >= 0.3 is 0 Å². The molecule has 2 rings (SSSR count). The van der Waals surface area contributed by atoms with Crippen molar-refractivity contribution >= 4 is 11.6 Å². The molecule has 0 atom stereocenters. The number of rotatable bonds is 4. The minimum absolute atomic E-state index is 0.578. The number of ether oxygens (including phenoxy) is 1. The third kappa shape index (κ3) is 2.61. The Labute approximate surface area is 106 Å². The van der Waals surface area contributed by atoms with Gasteiger partial charge in [-0.25, -0.2) is 4.98 Å². The monoisotopic (exact) mass is 250 g/mol. The van der Waals surface area contributed by atoms with E-state index in [-0.39, 0.29) is 0 Å². The van der Waals surface area contributed by atoms with Crippen LogP contribution in [0, 0.1) is 6.92 Å². The minimum atomic E-state index is 0.578. The Bertz CT molecular complexity index is 508. The fourth-order valence-electron chi connectivity index (χ4n) is 1.77. The highest BCUT2D eigenvalue weighted by molar-refractivity contribution is 6.17. The highest BCUT2D eigenvalue weighted by Crippen LogP contribution is 2.24. The van der Waals surface area contributed by atoms with Gasteiger partial charge in [0.2, 0.25) is 0 Å². The second-order valence-corrected chi connectivity index (χ2v) is 4.24. The molecule has 1 N–H and O–H groups in total. The molecule has 0 saturated carbocycles. The molecule has 0 aliphatic carbocycles. The first-order valence-corrected chi connectivity index (χ1v) is 6.03. The van der Waals surface area contributed by atoms with E-state index in [9.17, 15) is 0 Å². The molecule has 1 aromatic carbocycles. The Balaban J connectivity index is 2.29. The molecule has 2 aromatic rings. The summed E-state index contributed by atoms with van der Waals surface area (Å²) in [5.41, 5.74) is 3.23. The highest BCUT2D eigenvalue weighted by Gasteiger charge is 2.05. The number of methoxy groups -OCH3 is 1. The number of H-pyrrole nitrogens is 1. The number of nitrogens with zero attached hydrogens (tertiary/aromatic N) is 1. The summed E-state index contributed by atoms with van der Waals surface area (Å²) in [5.74, 6) is 2.40.